The van der Waals surface area contributed by atoms with Crippen molar-refractivity contribution in [3.8, 4) is 0 Å². The third-order valence-corrected chi connectivity index (χ3v) is 4.11. The molecule has 2 rings (SSSR count). The Morgan fingerprint density at radius 2 is 2.21 bits per heavy atom. The molecule has 0 radical (unpaired) electrons. The van der Waals surface area contributed by atoms with Crippen LogP contribution in [0, 0.1) is 0 Å². The van der Waals surface area contributed by atoms with Gasteiger partial charge >= 0.3 is 0 Å². The van der Waals surface area contributed by atoms with Crippen molar-refractivity contribution >= 4 is 21.6 Å². The SMILES string of the molecule is O=c1[nH]cc(S(=O)(=O)NCCc2ccco2)cc1Cl. The van der Waals surface area contributed by atoms with Gasteiger partial charge in [-0.05, 0) is 18.2 Å². The van der Waals surface area contributed by atoms with E-state index in [0.717, 1.165) is 12.3 Å². The van der Waals surface area contributed by atoms with Crippen molar-refractivity contribution in [3.63, 3.8) is 0 Å². The lowest BCUT2D eigenvalue weighted by atomic mass is 10.3. The second-order valence-corrected chi connectivity index (χ2v) is 5.91. The summed E-state index contributed by atoms with van der Waals surface area (Å²) in [4.78, 5) is 13.2. The minimum Gasteiger partial charge on any atom is -0.469 e. The Balaban J connectivity index is 2.05. The average molecular weight is 303 g/mol. The van der Waals surface area contributed by atoms with Crippen molar-refractivity contribution < 1.29 is 12.8 Å². The lowest BCUT2D eigenvalue weighted by molar-refractivity contribution is 0.506. The maximum Gasteiger partial charge on any atom is 0.266 e. The van der Waals surface area contributed by atoms with E-state index in [0.29, 0.717) is 12.2 Å². The Bertz CT molecular complexity index is 707. The molecule has 0 aliphatic heterocycles. The molecule has 0 saturated carbocycles. The van der Waals surface area contributed by atoms with Gasteiger partial charge in [-0.2, -0.15) is 0 Å². The molecule has 8 heteroatoms. The fourth-order valence-corrected chi connectivity index (χ4v) is 2.70. The van der Waals surface area contributed by atoms with Gasteiger partial charge in [0.1, 0.15) is 10.8 Å². The molecule has 0 atom stereocenters. The van der Waals surface area contributed by atoms with Crippen LogP contribution in [0.25, 0.3) is 0 Å². The summed E-state index contributed by atoms with van der Waals surface area (Å²) < 4.78 is 31.3. The number of pyridine rings is 1. The first-order valence-electron chi connectivity index (χ1n) is 5.39. The third kappa shape index (κ3) is 3.46. The van der Waals surface area contributed by atoms with Crippen molar-refractivity contribution in [2.45, 2.75) is 11.3 Å². The molecule has 0 spiro atoms. The fraction of sp³-hybridized carbons (Fsp3) is 0.182. The number of aromatic nitrogens is 1. The van der Waals surface area contributed by atoms with Gasteiger partial charge < -0.3 is 9.40 Å². The molecule has 6 nitrogen and oxygen atoms in total. The van der Waals surface area contributed by atoms with Crippen LogP contribution < -0.4 is 10.3 Å². The van der Waals surface area contributed by atoms with E-state index in [1.807, 2.05) is 0 Å². The van der Waals surface area contributed by atoms with Crippen molar-refractivity contribution in [3.05, 3.63) is 51.8 Å². The number of hydrogen-bond acceptors (Lipinski definition) is 4. The molecule has 2 N–H and O–H groups in total. The Morgan fingerprint density at radius 3 is 2.84 bits per heavy atom. The van der Waals surface area contributed by atoms with E-state index in [2.05, 4.69) is 9.71 Å². The number of nitrogens with one attached hydrogen (secondary N) is 2. The Labute approximate surface area is 114 Å². The summed E-state index contributed by atoms with van der Waals surface area (Å²) in [5.74, 6) is 0.683. The minimum absolute atomic E-state index is 0.0865. The van der Waals surface area contributed by atoms with E-state index >= 15 is 0 Å². The summed E-state index contributed by atoms with van der Waals surface area (Å²) in [5.41, 5.74) is -0.531. The van der Waals surface area contributed by atoms with Gasteiger partial charge in [0.15, 0.2) is 0 Å². The maximum absolute atomic E-state index is 11.9. The monoisotopic (exact) mass is 302 g/mol. The van der Waals surface area contributed by atoms with Gasteiger partial charge in [-0.15, -0.1) is 0 Å². The van der Waals surface area contributed by atoms with Crippen molar-refractivity contribution in [1.29, 1.82) is 0 Å². The molecule has 0 bridgehead atoms. The van der Waals surface area contributed by atoms with Gasteiger partial charge in [0, 0.05) is 19.2 Å². The molecule has 2 heterocycles. The van der Waals surface area contributed by atoms with Gasteiger partial charge in [-0.25, -0.2) is 13.1 Å². The molecular formula is C11H11ClN2O4S. The van der Waals surface area contributed by atoms with Crippen molar-refractivity contribution in [1.82, 2.24) is 9.71 Å². The predicted octanol–water partition coefficient (Wildman–Crippen LogP) is 1.14. The molecule has 0 fully saturated rings. The highest BCUT2D eigenvalue weighted by Gasteiger charge is 2.15. The lowest BCUT2D eigenvalue weighted by Gasteiger charge is -2.05. The van der Waals surface area contributed by atoms with Gasteiger partial charge in [0.25, 0.3) is 5.56 Å². The van der Waals surface area contributed by atoms with Crippen LogP contribution in [0.2, 0.25) is 5.02 Å². The van der Waals surface area contributed by atoms with Gasteiger partial charge in [-0.3, -0.25) is 4.79 Å². The van der Waals surface area contributed by atoms with E-state index in [1.54, 1.807) is 12.1 Å². The summed E-state index contributed by atoms with van der Waals surface area (Å²) in [6.07, 6.45) is 3.05. The topological polar surface area (TPSA) is 92.2 Å². The van der Waals surface area contributed by atoms with E-state index in [9.17, 15) is 13.2 Å². The zero-order valence-corrected chi connectivity index (χ0v) is 11.3. The summed E-state index contributed by atoms with van der Waals surface area (Å²) in [5, 5.41) is -0.172. The normalized spacial score (nSPS) is 11.6. The highest BCUT2D eigenvalue weighted by molar-refractivity contribution is 7.89. The van der Waals surface area contributed by atoms with E-state index in [1.165, 1.54) is 6.26 Å². The molecule has 2 aromatic rings. The third-order valence-electron chi connectivity index (χ3n) is 2.39. The number of furan rings is 1. The number of hydrogen-bond donors (Lipinski definition) is 2. The standard InChI is InChI=1S/C11H11ClN2O4S/c12-10-6-9(7-13-11(10)15)19(16,17)14-4-3-8-2-1-5-18-8/h1-2,5-7,14H,3-4H2,(H,13,15). The quantitative estimate of drug-likeness (QED) is 0.866. The van der Waals surface area contributed by atoms with E-state index < -0.39 is 15.6 Å². The first-order chi connectivity index (χ1) is 8.99. The van der Waals surface area contributed by atoms with Crippen LogP contribution in [0.1, 0.15) is 5.76 Å². The highest BCUT2D eigenvalue weighted by Crippen LogP contribution is 2.10. The predicted molar refractivity (Wildman–Crippen MR) is 69.7 cm³/mol. The molecule has 0 amide bonds. The van der Waals surface area contributed by atoms with Crippen molar-refractivity contribution in [2.75, 3.05) is 6.54 Å². The number of H-pyrrole nitrogens is 1. The molecule has 0 aliphatic rings. The lowest BCUT2D eigenvalue weighted by Crippen LogP contribution is -2.26. The fourth-order valence-electron chi connectivity index (χ4n) is 1.44. The second kappa shape index (κ2) is 5.60. The zero-order valence-electron chi connectivity index (χ0n) is 9.72. The summed E-state index contributed by atoms with van der Waals surface area (Å²) in [6.45, 7) is 0.187. The smallest absolute Gasteiger partial charge is 0.266 e. The molecule has 2 aromatic heterocycles. The van der Waals surface area contributed by atoms with Crippen LogP contribution in [-0.4, -0.2) is 19.9 Å². The van der Waals surface area contributed by atoms with E-state index in [4.69, 9.17) is 16.0 Å². The number of aromatic amines is 1. The molecule has 0 aliphatic carbocycles. The molecule has 0 aromatic carbocycles. The maximum atomic E-state index is 11.9. The van der Waals surface area contributed by atoms with Crippen LogP contribution in [-0.2, 0) is 16.4 Å². The largest absolute Gasteiger partial charge is 0.469 e. The van der Waals surface area contributed by atoms with Gasteiger partial charge in [-0.1, -0.05) is 11.6 Å². The average Bonchev–Trinajstić information content (AvgIpc) is 2.85. The molecule has 102 valence electrons. The number of rotatable bonds is 5. The number of sulfonamides is 1. The Kier molecular flexibility index (Phi) is 4.08. The number of halogens is 1. The zero-order chi connectivity index (χ0) is 13.9. The molecular weight excluding hydrogens is 292 g/mol. The van der Waals surface area contributed by atoms with Crippen LogP contribution >= 0.6 is 11.6 Å². The Hall–Kier alpha value is -1.57. The van der Waals surface area contributed by atoms with Gasteiger partial charge in [0.2, 0.25) is 10.0 Å². The molecule has 19 heavy (non-hydrogen) atoms. The van der Waals surface area contributed by atoms with Crippen LogP contribution in [0.3, 0.4) is 0 Å². The van der Waals surface area contributed by atoms with E-state index in [-0.39, 0.29) is 16.5 Å². The highest BCUT2D eigenvalue weighted by atomic mass is 35.5. The minimum atomic E-state index is -3.70. The summed E-state index contributed by atoms with van der Waals surface area (Å²) >= 11 is 5.58. The van der Waals surface area contributed by atoms with Crippen LogP contribution in [0.5, 0.6) is 0 Å². The Morgan fingerprint density at radius 1 is 1.42 bits per heavy atom. The first-order valence-corrected chi connectivity index (χ1v) is 7.25. The van der Waals surface area contributed by atoms with Crippen molar-refractivity contribution in [2.24, 2.45) is 0 Å². The second-order valence-electron chi connectivity index (χ2n) is 3.74. The molecule has 0 unspecified atom stereocenters. The summed E-state index contributed by atoms with van der Waals surface area (Å²) in [6, 6.07) is 4.59. The summed E-state index contributed by atoms with van der Waals surface area (Å²) in [7, 11) is -3.70. The first kappa shape index (κ1) is 13.9. The molecule has 0 saturated heterocycles. The van der Waals surface area contributed by atoms with Crippen LogP contribution in [0.4, 0.5) is 0 Å². The van der Waals surface area contributed by atoms with Gasteiger partial charge in [0.05, 0.1) is 11.2 Å². The van der Waals surface area contributed by atoms with Crippen LogP contribution in [0.15, 0.2) is 44.8 Å².